The van der Waals surface area contributed by atoms with Crippen LogP contribution in [0.4, 0.5) is 10.5 Å². The maximum absolute atomic E-state index is 12.6. The molecular weight excluding hydrogens is 422 g/mol. The number of carbonyl (C=O) groups excluding carboxylic acids is 1. The van der Waals surface area contributed by atoms with E-state index >= 15 is 0 Å². The van der Waals surface area contributed by atoms with Gasteiger partial charge in [-0.2, -0.15) is 4.99 Å². The van der Waals surface area contributed by atoms with Crippen molar-refractivity contribution in [2.45, 2.75) is 0 Å². The van der Waals surface area contributed by atoms with Crippen LogP contribution in [0.25, 0.3) is 33.4 Å². The molecule has 1 saturated heterocycles. The Hall–Kier alpha value is -4.17. The lowest BCUT2D eigenvalue weighted by Crippen LogP contribution is -2.39. The first-order chi connectivity index (χ1) is 16.0. The Kier molecular flexibility index (Phi) is 5.27. The highest BCUT2D eigenvalue weighted by Crippen LogP contribution is 2.41. The predicted molar refractivity (Wildman–Crippen MR) is 123 cm³/mol. The lowest BCUT2D eigenvalue weighted by atomic mass is 9.91. The summed E-state index contributed by atoms with van der Waals surface area (Å²) in [5.41, 5.74) is 9.18. The summed E-state index contributed by atoms with van der Waals surface area (Å²) in [6.45, 7) is 1.99. The summed E-state index contributed by atoms with van der Waals surface area (Å²) in [7, 11) is 0. The molecule has 0 atom stereocenters. The molecule has 8 heteroatoms. The van der Waals surface area contributed by atoms with Crippen molar-refractivity contribution in [2.24, 2.45) is 4.99 Å². The molecule has 0 bridgehead atoms. The predicted octanol–water partition coefficient (Wildman–Crippen LogP) is 3.84. The number of hydrogen-bond donors (Lipinski definition) is 2. The minimum absolute atomic E-state index is 0.180. The van der Waals surface area contributed by atoms with Gasteiger partial charge in [0.2, 0.25) is 0 Å². The van der Waals surface area contributed by atoms with Crippen molar-refractivity contribution >= 4 is 28.7 Å². The van der Waals surface area contributed by atoms with Crippen LogP contribution in [0.1, 0.15) is 10.4 Å². The molecule has 2 aromatic carbocycles. The van der Waals surface area contributed by atoms with E-state index in [1.165, 1.54) is 0 Å². The number of nitrogens with two attached hydrogens (primary N) is 1. The molecule has 0 aromatic heterocycles. The summed E-state index contributed by atoms with van der Waals surface area (Å²) >= 11 is 0. The smallest absolute Gasteiger partial charge is 0.344 e. The van der Waals surface area contributed by atoms with Crippen molar-refractivity contribution in [3.8, 4) is 22.5 Å². The van der Waals surface area contributed by atoms with Gasteiger partial charge in [-0.1, -0.05) is 18.2 Å². The molecule has 0 unspecified atom stereocenters. The number of carboxylic acid groups (broad SMARTS) is 1. The second kappa shape index (κ2) is 8.40. The average molecular weight is 443 g/mol. The first-order valence-corrected chi connectivity index (χ1v) is 10.5. The molecule has 33 heavy (non-hydrogen) atoms. The summed E-state index contributed by atoms with van der Waals surface area (Å²) in [6, 6.07) is 17.0. The van der Waals surface area contributed by atoms with Crippen molar-refractivity contribution in [2.75, 3.05) is 32.0 Å². The highest BCUT2D eigenvalue weighted by Gasteiger charge is 2.21. The van der Waals surface area contributed by atoms with Crippen molar-refractivity contribution in [3.05, 3.63) is 71.6 Å². The molecule has 0 radical (unpaired) electrons. The second-order valence-electron chi connectivity index (χ2n) is 7.76. The van der Waals surface area contributed by atoms with Crippen LogP contribution in [0, 0.1) is 0 Å². The first kappa shape index (κ1) is 20.7. The van der Waals surface area contributed by atoms with Gasteiger partial charge in [0, 0.05) is 47.4 Å². The molecule has 166 valence electrons. The van der Waals surface area contributed by atoms with E-state index in [-0.39, 0.29) is 11.6 Å². The zero-order chi connectivity index (χ0) is 22.9. The number of benzene rings is 3. The van der Waals surface area contributed by atoms with Crippen LogP contribution in [-0.4, -0.2) is 48.3 Å². The first-order valence-electron chi connectivity index (χ1n) is 10.5. The number of ether oxygens (including phenoxy) is 1. The van der Waals surface area contributed by atoms with Gasteiger partial charge in [-0.15, -0.1) is 0 Å². The zero-order valence-electron chi connectivity index (χ0n) is 17.7. The van der Waals surface area contributed by atoms with Crippen molar-refractivity contribution in [1.29, 1.82) is 0 Å². The molecule has 1 aliphatic carbocycles. The standard InChI is InChI=1S/C25H21N3O5/c26-15-5-7-19-21(13-15)33-22-14-16(27-25(31)28-9-11-32-12-10-28)6-8-20(22)23(19)17-3-1-2-4-18(17)24(29)30/h1-8,13-14H,9-12,26H2,(H,29,30)/b27-16+. The number of aromatic carboxylic acids is 1. The van der Waals surface area contributed by atoms with Crippen molar-refractivity contribution in [3.63, 3.8) is 0 Å². The number of hydrogen-bond acceptors (Lipinski definition) is 5. The number of carboxylic acids is 1. The minimum Gasteiger partial charge on any atom is -0.478 e. The van der Waals surface area contributed by atoms with E-state index in [0.29, 0.717) is 59.8 Å². The van der Waals surface area contributed by atoms with Crippen LogP contribution in [0.2, 0.25) is 0 Å². The molecule has 0 saturated carbocycles. The fraction of sp³-hybridized carbons (Fsp3) is 0.160. The number of morpholine rings is 1. The van der Waals surface area contributed by atoms with Gasteiger partial charge in [0.05, 0.1) is 24.1 Å². The molecule has 3 N–H and O–H groups in total. The summed E-state index contributed by atoms with van der Waals surface area (Å²) in [6.07, 6.45) is 0. The Morgan fingerprint density at radius 1 is 0.970 bits per heavy atom. The molecule has 8 nitrogen and oxygen atoms in total. The Labute approximate surface area is 188 Å². The summed E-state index contributed by atoms with van der Waals surface area (Å²) in [5.74, 6) is -0.551. The fourth-order valence-electron chi connectivity index (χ4n) is 4.08. The summed E-state index contributed by atoms with van der Waals surface area (Å²) in [5, 5.41) is 11.0. The van der Waals surface area contributed by atoms with E-state index in [4.69, 9.17) is 14.9 Å². The summed E-state index contributed by atoms with van der Waals surface area (Å²) < 4.78 is 11.4. The van der Waals surface area contributed by atoms with Gasteiger partial charge in [-0.25, -0.2) is 9.59 Å². The SMILES string of the molecule is Nc1ccc2c(-c3ccccc3C(=O)O)c3cc/c(=N\C(=O)N4CCOCC4)cc-3oc2c1. The van der Waals surface area contributed by atoms with E-state index < -0.39 is 5.97 Å². The molecule has 2 aromatic rings. The van der Waals surface area contributed by atoms with Gasteiger partial charge < -0.3 is 24.9 Å². The Balaban J connectivity index is 1.73. The topological polar surface area (TPSA) is 118 Å². The zero-order valence-corrected chi connectivity index (χ0v) is 17.7. The van der Waals surface area contributed by atoms with Gasteiger partial charge in [0.1, 0.15) is 11.3 Å². The third kappa shape index (κ3) is 3.92. The maximum atomic E-state index is 12.6. The molecule has 2 heterocycles. The number of urea groups is 1. The molecule has 0 spiro atoms. The largest absolute Gasteiger partial charge is 0.478 e. The van der Waals surface area contributed by atoms with Crippen molar-refractivity contribution in [1.82, 2.24) is 4.90 Å². The summed E-state index contributed by atoms with van der Waals surface area (Å²) in [4.78, 5) is 30.4. The minimum atomic E-state index is -1.02. The molecule has 3 aliphatic rings. The third-order valence-corrected chi connectivity index (χ3v) is 5.66. The van der Waals surface area contributed by atoms with Crippen LogP contribution in [0.15, 0.2) is 70.1 Å². The van der Waals surface area contributed by atoms with Crippen LogP contribution >= 0.6 is 0 Å². The number of carbonyl (C=O) groups is 2. The van der Waals surface area contributed by atoms with E-state index in [1.54, 1.807) is 59.5 Å². The number of fused-ring (bicyclic) bond motifs is 2. The number of nitrogens with zero attached hydrogens (tertiary/aromatic N) is 2. The second-order valence-corrected chi connectivity index (χ2v) is 7.76. The monoisotopic (exact) mass is 443 g/mol. The third-order valence-electron chi connectivity index (χ3n) is 5.66. The van der Waals surface area contributed by atoms with Gasteiger partial charge in [-0.3, -0.25) is 0 Å². The van der Waals surface area contributed by atoms with E-state index in [2.05, 4.69) is 4.99 Å². The van der Waals surface area contributed by atoms with E-state index in [1.807, 2.05) is 6.07 Å². The maximum Gasteiger partial charge on any atom is 0.344 e. The van der Waals surface area contributed by atoms with Crippen LogP contribution in [-0.2, 0) is 4.74 Å². The Bertz CT molecular complexity index is 1420. The number of anilines is 1. The number of amides is 2. The van der Waals surface area contributed by atoms with Gasteiger partial charge in [0.15, 0.2) is 0 Å². The molecule has 2 aliphatic heterocycles. The normalized spacial score (nSPS) is 14.7. The van der Waals surface area contributed by atoms with E-state index in [0.717, 1.165) is 10.9 Å². The molecule has 5 rings (SSSR count). The Morgan fingerprint density at radius 3 is 2.55 bits per heavy atom. The lowest BCUT2D eigenvalue weighted by Gasteiger charge is -2.24. The lowest BCUT2D eigenvalue weighted by molar-refractivity contribution is 0.0553. The van der Waals surface area contributed by atoms with Gasteiger partial charge >= 0.3 is 12.0 Å². The molecule has 2 amide bonds. The highest BCUT2D eigenvalue weighted by molar-refractivity contribution is 6.07. The van der Waals surface area contributed by atoms with Crippen molar-refractivity contribution < 1.29 is 23.8 Å². The van der Waals surface area contributed by atoms with Crippen LogP contribution in [0.3, 0.4) is 0 Å². The molecule has 1 fully saturated rings. The van der Waals surface area contributed by atoms with Crippen LogP contribution < -0.4 is 11.1 Å². The van der Waals surface area contributed by atoms with Crippen LogP contribution in [0.5, 0.6) is 0 Å². The fourth-order valence-corrected chi connectivity index (χ4v) is 4.08. The average Bonchev–Trinajstić information content (AvgIpc) is 2.83. The highest BCUT2D eigenvalue weighted by atomic mass is 16.5. The number of rotatable bonds is 2. The number of nitrogen functional groups attached to an aromatic ring is 1. The molecular formula is C25H21N3O5. The van der Waals surface area contributed by atoms with Gasteiger partial charge in [-0.05, 0) is 35.9 Å². The van der Waals surface area contributed by atoms with Gasteiger partial charge in [0.25, 0.3) is 0 Å². The quantitative estimate of drug-likeness (QED) is 0.359. The Morgan fingerprint density at radius 2 is 1.76 bits per heavy atom. The van der Waals surface area contributed by atoms with E-state index in [9.17, 15) is 14.7 Å².